The predicted molar refractivity (Wildman–Crippen MR) is 126 cm³/mol. The van der Waals surface area contributed by atoms with Crippen molar-refractivity contribution in [1.82, 2.24) is 5.43 Å². The van der Waals surface area contributed by atoms with Gasteiger partial charge in [0, 0.05) is 12.0 Å². The van der Waals surface area contributed by atoms with Gasteiger partial charge in [0.05, 0.1) is 5.71 Å². The highest BCUT2D eigenvalue weighted by Gasteiger charge is 2.26. The molecule has 0 saturated heterocycles. The van der Waals surface area contributed by atoms with E-state index in [2.05, 4.69) is 36.5 Å². The summed E-state index contributed by atoms with van der Waals surface area (Å²) in [6.07, 6.45) is 0.413. The molecule has 0 aliphatic carbocycles. The number of amides is 1. The maximum atomic E-state index is 12.5. The van der Waals surface area contributed by atoms with E-state index in [0.717, 1.165) is 39.5 Å². The van der Waals surface area contributed by atoms with Crippen LogP contribution in [0.5, 0.6) is 11.5 Å². The second kappa shape index (κ2) is 9.69. The summed E-state index contributed by atoms with van der Waals surface area (Å²) in [5.74, 6) is 1.51. The van der Waals surface area contributed by atoms with E-state index >= 15 is 0 Å². The number of fused-ring (bicyclic) bond motifs is 1. The van der Waals surface area contributed by atoms with Crippen LogP contribution in [0.2, 0.25) is 0 Å². The molecule has 0 radical (unpaired) electrons. The Labute approximate surface area is 189 Å². The molecule has 4 rings (SSSR count). The van der Waals surface area contributed by atoms with Gasteiger partial charge < -0.3 is 9.47 Å². The third kappa shape index (κ3) is 4.99. The summed E-state index contributed by atoms with van der Waals surface area (Å²) in [6, 6.07) is 23.9. The summed E-state index contributed by atoms with van der Waals surface area (Å²) in [5, 5.41) is 4.44. The van der Waals surface area contributed by atoms with Crippen molar-refractivity contribution in [2.45, 2.75) is 39.2 Å². The summed E-state index contributed by atoms with van der Waals surface area (Å²) in [7, 11) is 0. The number of carbonyl (C=O) groups excluding carboxylic acids is 1. The van der Waals surface area contributed by atoms with Crippen molar-refractivity contribution in [2.24, 2.45) is 5.10 Å². The quantitative estimate of drug-likeness (QED) is 0.524. The second-order valence-electron chi connectivity index (χ2n) is 8.30. The van der Waals surface area contributed by atoms with Crippen LogP contribution in [0.3, 0.4) is 0 Å². The van der Waals surface area contributed by atoms with E-state index in [4.69, 9.17) is 9.47 Å². The highest BCUT2D eigenvalue weighted by molar-refractivity contribution is 6.04. The van der Waals surface area contributed by atoms with Gasteiger partial charge >= 0.3 is 0 Å². The molecule has 1 amide bonds. The molecular weight excluding hydrogens is 400 g/mol. The average molecular weight is 429 g/mol. The van der Waals surface area contributed by atoms with Gasteiger partial charge in [0.1, 0.15) is 17.6 Å². The molecule has 1 N–H and O–H groups in total. The third-order valence-corrected chi connectivity index (χ3v) is 5.48. The van der Waals surface area contributed by atoms with E-state index in [1.807, 2.05) is 67.6 Å². The first-order valence-corrected chi connectivity index (χ1v) is 10.9. The molecule has 0 fully saturated rings. The molecule has 0 bridgehead atoms. The van der Waals surface area contributed by atoms with Gasteiger partial charge in [-0.25, -0.2) is 5.43 Å². The molecule has 1 aliphatic rings. The van der Waals surface area contributed by atoms with Gasteiger partial charge in [-0.2, -0.15) is 5.10 Å². The predicted octanol–water partition coefficient (Wildman–Crippen LogP) is 5.54. The van der Waals surface area contributed by atoms with E-state index in [1.54, 1.807) is 0 Å². The normalized spacial score (nSPS) is 16.4. The number of hydrazone groups is 1. The summed E-state index contributed by atoms with van der Waals surface area (Å²) in [5.41, 5.74) is 7.59. The van der Waals surface area contributed by atoms with Gasteiger partial charge in [0.2, 0.25) is 0 Å². The number of carbonyl (C=O) groups is 1. The first kappa shape index (κ1) is 21.6. The first-order valence-electron chi connectivity index (χ1n) is 10.9. The van der Waals surface area contributed by atoms with Crippen LogP contribution < -0.4 is 14.9 Å². The molecule has 3 aromatic carbocycles. The number of benzene rings is 3. The first-order chi connectivity index (χ1) is 15.5. The van der Waals surface area contributed by atoms with Crippen molar-refractivity contribution in [3.05, 3.63) is 95.1 Å². The van der Waals surface area contributed by atoms with Crippen LogP contribution in [0.1, 0.15) is 54.5 Å². The number of hydrogen-bond donors (Lipinski definition) is 1. The zero-order chi connectivity index (χ0) is 22.5. The van der Waals surface area contributed by atoms with Crippen LogP contribution in [-0.4, -0.2) is 18.2 Å². The van der Waals surface area contributed by atoms with Crippen molar-refractivity contribution in [2.75, 3.05) is 6.61 Å². The number of nitrogens with zero attached hydrogens (tertiary/aromatic N) is 1. The minimum Gasteiger partial charge on any atom is -0.485 e. The summed E-state index contributed by atoms with van der Waals surface area (Å²) in [4.78, 5) is 12.5. The Morgan fingerprint density at radius 3 is 2.62 bits per heavy atom. The standard InChI is InChI=1S/C27H28N2O3/c1-18(2)21-14-13-19(3)15-26(21)31-17-27(30)29-28-23-16-25(20-9-5-4-6-10-20)32-24-12-8-7-11-22(23)24/h4-15,18,25H,16-17H2,1-3H3,(H,29,30). The minimum atomic E-state index is -0.297. The largest absolute Gasteiger partial charge is 0.485 e. The fourth-order valence-corrected chi connectivity index (χ4v) is 3.80. The molecule has 1 atom stereocenters. The van der Waals surface area contributed by atoms with Crippen molar-refractivity contribution in [3.63, 3.8) is 0 Å². The molecule has 1 heterocycles. The Morgan fingerprint density at radius 2 is 1.84 bits per heavy atom. The van der Waals surface area contributed by atoms with Crippen molar-refractivity contribution in [3.8, 4) is 11.5 Å². The van der Waals surface area contributed by atoms with Crippen molar-refractivity contribution < 1.29 is 14.3 Å². The second-order valence-corrected chi connectivity index (χ2v) is 8.30. The number of nitrogens with one attached hydrogen (secondary N) is 1. The maximum absolute atomic E-state index is 12.5. The van der Waals surface area contributed by atoms with E-state index in [9.17, 15) is 4.79 Å². The fraction of sp³-hybridized carbons (Fsp3) is 0.259. The average Bonchev–Trinajstić information content (AvgIpc) is 2.81. The van der Waals surface area contributed by atoms with Crippen molar-refractivity contribution in [1.29, 1.82) is 0 Å². The minimum absolute atomic E-state index is 0.0970. The lowest BCUT2D eigenvalue weighted by Gasteiger charge is -2.27. The topological polar surface area (TPSA) is 59.9 Å². The lowest BCUT2D eigenvalue weighted by atomic mass is 9.96. The molecule has 3 aromatic rings. The van der Waals surface area contributed by atoms with E-state index in [1.165, 1.54) is 0 Å². The summed E-state index contributed by atoms with van der Waals surface area (Å²) >= 11 is 0. The SMILES string of the molecule is Cc1ccc(C(C)C)c(OCC(=O)NN=C2CC(c3ccccc3)Oc3ccccc32)c1. The van der Waals surface area contributed by atoms with Gasteiger partial charge in [-0.05, 0) is 47.7 Å². The Hall–Kier alpha value is -3.60. The van der Waals surface area contributed by atoms with Crippen LogP contribution in [0.25, 0.3) is 0 Å². The van der Waals surface area contributed by atoms with Gasteiger partial charge in [-0.15, -0.1) is 0 Å². The zero-order valence-electron chi connectivity index (χ0n) is 18.7. The highest BCUT2D eigenvalue weighted by Crippen LogP contribution is 2.35. The summed E-state index contributed by atoms with van der Waals surface area (Å²) in [6.45, 7) is 6.12. The zero-order valence-corrected chi connectivity index (χ0v) is 18.7. The number of rotatable bonds is 6. The van der Waals surface area contributed by atoms with Crippen LogP contribution in [-0.2, 0) is 4.79 Å². The van der Waals surface area contributed by atoms with Gasteiger partial charge in [-0.3, -0.25) is 4.79 Å². The molecule has 1 aliphatic heterocycles. The summed E-state index contributed by atoms with van der Waals surface area (Å²) < 4.78 is 12.0. The van der Waals surface area contributed by atoms with Gasteiger partial charge in [-0.1, -0.05) is 68.4 Å². The van der Waals surface area contributed by atoms with Crippen molar-refractivity contribution >= 4 is 11.6 Å². The molecule has 1 unspecified atom stereocenters. The number of para-hydroxylation sites is 1. The molecule has 5 nitrogen and oxygen atoms in total. The van der Waals surface area contributed by atoms with Gasteiger partial charge in [0.15, 0.2) is 6.61 Å². The van der Waals surface area contributed by atoms with E-state index in [0.29, 0.717) is 12.3 Å². The Bertz CT molecular complexity index is 1120. The highest BCUT2D eigenvalue weighted by atomic mass is 16.5. The Balaban J connectivity index is 1.47. The fourth-order valence-electron chi connectivity index (χ4n) is 3.80. The number of aryl methyl sites for hydroxylation is 1. The molecule has 0 aromatic heterocycles. The van der Waals surface area contributed by atoms with Crippen LogP contribution in [0, 0.1) is 6.92 Å². The lowest BCUT2D eigenvalue weighted by molar-refractivity contribution is -0.123. The Morgan fingerprint density at radius 1 is 1.09 bits per heavy atom. The molecule has 0 spiro atoms. The Kier molecular flexibility index (Phi) is 6.55. The van der Waals surface area contributed by atoms with Crippen LogP contribution in [0.4, 0.5) is 0 Å². The monoisotopic (exact) mass is 428 g/mol. The molecule has 5 heteroatoms. The smallest absolute Gasteiger partial charge is 0.277 e. The van der Waals surface area contributed by atoms with Gasteiger partial charge in [0.25, 0.3) is 5.91 Å². The molecule has 164 valence electrons. The molecule has 0 saturated carbocycles. The number of ether oxygens (including phenoxy) is 2. The molecular formula is C27H28N2O3. The van der Waals surface area contributed by atoms with E-state index in [-0.39, 0.29) is 18.6 Å². The molecule has 32 heavy (non-hydrogen) atoms. The maximum Gasteiger partial charge on any atom is 0.277 e. The van der Waals surface area contributed by atoms with E-state index < -0.39 is 0 Å². The number of hydrogen-bond acceptors (Lipinski definition) is 4. The van der Waals surface area contributed by atoms with Crippen LogP contribution >= 0.6 is 0 Å². The lowest BCUT2D eigenvalue weighted by Crippen LogP contribution is -2.28. The van der Waals surface area contributed by atoms with Crippen LogP contribution in [0.15, 0.2) is 77.9 Å². The third-order valence-electron chi connectivity index (χ3n) is 5.48.